The van der Waals surface area contributed by atoms with Crippen LogP contribution in [0.5, 0.6) is 5.75 Å². The number of carboxylic acids is 1. The summed E-state index contributed by atoms with van der Waals surface area (Å²) in [5, 5.41) is 18.5. The summed E-state index contributed by atoms with van der Waals surface area (Å²) in [4.78, 5) is 19.1. The van der Waals surface area contributed by atoms with Crippen molar-refractivity contribution in [1.82, 2.24) is 24.3 Å². The molecule has 12 heteroatoms. The zero-order chi connectivity index (χ0) is 30.6. The maximum atomic E-state index is 14.1. The molecule has 0 bridgehead atoms. The number of sulfonamides is 1. The van der Waals surface area contributed by atoms with Gasteiger partial charge in [-0.3, -0.25) is 4.79 Å². The second kappa shape index (κ2) is 11.2. The summed E-state index contributed by atoms with van der Waals surface area (Å²) in [6, 6.07) is 13.0. The third-order valence-electron chi connectivity index (χ3n) is 9.09. The Morgan fingerprint density at radius 2 is 1.95 bits per heavy atom. The number of nitrogens with zero attached hydrogens (tertiary/aromatic N) is 6. The summed E-state index contributed by atoms with van der Waals surface area (Å²) < 4.78 is 37.6. The summed E-state index contributed by atoms with van der Waals surface area (Å²) >= 11 is 0. The monoisotopic (exact) mass is 616 g/mol. The van der Waals surface area contributed by atoms with Crippen LogP contribution in [0.1, 0.15) is 66.7 Å². The van der Waals surface area contributed by atoms with E-state index in [0.717, 1.165) is 66.4 Å². The van der Waals surface area contributed by atoms with Gasteiger partial charge in [0.2, 0.25) is 10.0 Å². The molecular weight excluding hydrogens is 580 g/mol. The average Bonchev–Trinajstić information content (AvgIpc) is 3.76. The molecule has 4 heterocycles. The van der Waals surface area contributed by atoms with E-state index in [1.807, 2.05) is 44.3 Å². The molecule has 2 aliphatic heterocycles. The van der Waals surface area contributed by atoms with Crippen LogP contribution in [-0.2, 0) is 28.4 Å². The topological polar surface area (TPSA) is 131 Å². The SMILES string of the molecule is Cc1ccc([C@H](CC(=O)O)c2cc(OC3CC3)c3c(c2)nnn3C)cc1CN1C[C@H]2CCCCN2c2ncccc2S1(=O)=O. The van der Waals surface area contributed by atoms with Crippen molar-refractivity contribution >= 4 is 32.8 Å². The first kappa shape index (κ1) is 28.7. The lowest BCUT2D eigenvalue weighted by Crippen LogP contribution is -2.45. The van der Waals surface area contributed by atoms with Gasteiger partial charge in [-0.15, -0.1) is 5.10 Å². The standard InChI is InChI=1S/C32H36N6O5S/c1-20-8-9-21(26(17-30(39)40)22-15-27-31(36(2)35-34-27)28(16-22)43-25-10-11-25)14-23(20)18-37-19-24-6-3-4-13-38(24)32-29(44(37,41)42)7-5-12-33-32/h5,7-9,12,14-16,24-26H,3-4,6,10-11,13,17-19H2,1-2H3,(H,39,40)/t24-,26+/m1/s1. The number of pyridine rings is 1. The van der Waals surface area contributed by atoms with E-state index in [9.17, 15) is 18.3 Å². The zero-order valence-corrected chi connectivity index (χ0v) is 25.7. The van der Waals surface area contributed by atoms with Crippen LogP contribution in [0.3, 0.4) is 0 Å². The van der Waals surface area contributed by atoms with Crippen molar-refractivity contribution in [2.24, 2.45) is 7.05 Å². The van der Waals surface area contributed by atoms with Gasteiger partial charge in [0, 0.05) is 44.8 Å². The number of aromatic nitrogens is 4. The molecule has 2 aromatic heterocycles. The Kier molecular flexibility index (Phi) is 7.28. The molecule has 0 amide bonds. The van der Waals surface area contributed by atoms with Crippen molar-refractivity contribution in [3.05, 3.63) is 70.9 Å². The van der Waals surface area contributed by atoms with Crippen molar-refractivity contribution in [1.29, 1.82) is 0 Å². The maximum absolute atomic E-state index is 14.1. The summed E-state index contributed by atoms with van der Waals surface area (Å²) in [6.07, 6.45) is 6.57. The summed E-state index contributed by atoms with van der Waals surface area (Å²) in [5.74, 6) is -0.248. The lowest BCUT2D eigenvalue weighted by Gasteiger charge is -2.36. The van der Waals surface area contributed by atoms with Crippen LogP contribution in [0, 0.1) is 6.92 Å². The van der Waals surface area contributed by atoms with Crippen LogP contribution in [0.2, 0.25) is 0 Å². The van der Waals surface area contributed by atoms with Gasteiger partial charge < -0.3 is 14.7 Å². The van der Waals surface area contributed by atoms with Gasteiger partial charge in [0.1, 0.15) is 27.5 Å². The molecule has 1 saturated heterocycles. The molecule has 2 atom stereocenters. The molecule has 3 aliphatic rings. The summed E-state index contributed by atoms with van der Waals surface area (Å²) in [6.45, 7) is 3.29. The highest BCUT2D eigenvalue weighted by molar-refractivity contribution is 7.89. The molecule has 1 saturated carbocycles. The Hall–Kier alpha value is -4.03. The number of ether oxygens (including phenoxy) is 1. The van der Waals surface area contributed by atoms with E-state index in [1.165, 1.54) is 0 Å². The van der Waals surface area contributed by atoms with Gasteiger partial charge in [0.05, 0.1) is 12.5 Å². The Bertz CT molecular complexity index is 1850. The van der Waals surface area contributed by atoms with E-state index in [0.29, 0.717) is 23.6 Å². The molecule has 2 aromatic carbocycles. The van der Waals surface area contributed by atoms with Gasteiger partial charge in [-0.2, -0.15) is 4.31 Å². The molecule has 0 radical (unpaired) electrons. The molecule has 0 spiro atoms. The minimum absolute atomic E-state index is 0.0431. The van der Waals surface area contributed by atoms with Crippen molar-refractivity contribution in [2.75, 3.05) is 18.0 Å². The number of anilines is 1. The smallest absolute Gasteiger partial charge is 0.304 e. The molecule has 1 N–H and O–H groups in total. The average molecular weight is 617 g/mol. The van der Waals surface area contributed by atoms with Gasteiger partial charge in [-0.05, 0) is 85.5 Å². The zero-order valence-electron chi connectivity index (χ0n) is 24.9. The highest BCUT2D eigenvalue weighted by atomic mass is 32.2. The normalized spacial score (nSPS) is 20.5. The predicted octanol–water partition coefficient (Wildman–Crippen LogP) is 4.38. The first-order valence-electron chi connectivity index (χ1n) is 15.2. The molecule has 4 aromatic rings. The third kappa shape index (κ3) is 5.30. The lowest BCUT2D eigenvalue weighted by molar-refractivity contribution is -0.137. The highest BCUT2D eigenvalue weighted by Crippen LogP contribution is 2.39. The van der Waals surface area contributed by atoms with Gasteiger partial charge in [0.25, 0.3) is 0 Å². The van der Waals surface area contributed by atoms with Crippen LogP contribution in [0.15, 0.2) is 53.6 Å². The molecule has 44 heavy (non-hydrogen) atoms. The van der Waals surface area contributed by atoms with Gasteiger partial charge in [0.15, 0.2) is 0 Å². The van der Waals surface area contributed by atoms with Gasteiger partial charge >= 0.3 is 5.97 Å². The largest absolute Gasteiger partial charge is 0.488 e. The van der Waals surface area contributed by atoms with Crippen LogP contribution in [0.4, 0.5) is 5.82 Å². The minimum Gasteiger partial charge on any atom is -0.488 e. The summed E-state index contributed by atoms with van der Waals surface area (Å²) in [5.41, 5.74) is 4.76. The van der Waals surface area contributed by atoms with Crippen LogP contribution in [0.25, 0.3) is 11.0 Å². The molecule has 230 valence electrons. The van der Waals surface area contributed by atoms with Gasteiger partial charge in [-0.1, -0.05) is 23.4 Å². The van der Waals surface area contributed by atoms with E-state index in [-0.39, 0.29) is 30.0 Å². The van der Waals surface area contributed by atoms with Gasteiger partial charge in [-0.25, -0.2) is 18.1 Å². The fourth-order valence-corrected chi connectivity index (χ4v) is 8.20. The Morgan fingerprint density at radius 1 is 1.11 bits per heavy atom. The number of fused-ring (bicyclic) bond motifs is 4. The number of hydrogen-bond acceptors (Lipinski definition) is 8. The minimum atomic E-state index is -3.83. The van der Waals surface area contributed by atoms with Crippen molar-refractivity contribution in [3.8, 4) is 5.75 Å². The van der Waals surface area contributed by atoms with E-state index in [4.69, 9.17) is 4.74 Å². The quantitative estimate of drug-likeness (QED) is 0.306. The van der Waals surface area contributed by atoms with E-state index in [1.54, 1.807) is 27.3 Å². The van der Waals surface area contributed by atoms with Crippen LogP contribution in [-0.4, -0.2) is 69.0 Å². The number of aryl methyl sites for hydroxylation is 2. The van der Waals surface area contributed by atoms with E-state index in [2.05, 4.69) is 20.2 Å². The molecule has 7 rings (SSSR count). The third-order valence-corrected chi connectivity index (χ3v) is 10.9. The highest BCUT2D eigenvalue weighted by Gasteiger charge is 2.39. The first-order chi connectivity index (χ1) is 21.2. The fraction of sp³-hybridized carbons (Fsp3) is 0.438. The Morgan fingerprint density at radius 3 is 2.75 bits per heavy atom. The number of rotatable bonds is 8. The maximum Gasteiger partial charge on any atom is 0.304 e. The number of hydrogen-bond donors (Lipinski definition) is 1. The van der Waals surface area contributed by atoms with E-state index >= 15 is 0 Å². The van der Waals surface area contributed by atoms with Crippen molar-refractivity contribution < 1.29 is 23.1 Å². The summed E-state index contributed by atoms with van der Waals surface area (Å²) in [7, 11) is -2.02. The second-order valence-corrected chi connectivity index (χ2v) is 14.1. The van der Waals surface area contributed by atoms with Crippen LogP contribution < -0.4 is 9.64 Å². The Balaban J connectivity index is 1.27. The second-order valence-electron chi connectivity index (χ2n) is 12.2. The predicted molar refractivity (Wildman–Crippen MR) is 164 cm³/mol. The van der Waals surface area contributed by atoms with E-state index < -0.39 is 21.9 Å². The number of carboxylic acid groups (broad SMARTS) is 1. The first-order valence-corrected chi connectivity index (χ1v) is 16.7. The molecule has 2 fully saturated rings. The molecule has 1 aliphatic carbocycles. The van der Waals surface area contributed by atoms with Crippen molar-refractivity contribution in [3.63, 3.8) is 0 Å². The number of benzene rings is 2. The van der Waals surface area contributed by atoms with Crippen molar-refractivity contribution in [2.45, 2.75) is 75.0 Å². The molecule has 0 unspecified atom stereocenters. The number of carbonyl (C=O) groups is 1. The number of piperidine rings is 1. The lowest BCUT2D eigenvalue weighted by atomic mass is 9.86. The van der Waals surface area contributed by atoms with Crippen LogP contribution >= 0.6 is 0 Å². The fourth-order valence-electron chi connectivity index (χ4n) is 6.59. The Labute approximate surface area is 256 Å². The molecular formula is C32H36N6O5S. The number of aliphatic carboxylic acids is 1. The molecule has 11 nitrogen and oxygen atoms in total.